The summed E-state index contributed by atoms with van der Waals surface area (Å²) in [6.07, 6.45) is 1.50. The number of rotatable bonds is 3. The molecule has 2 rings (SSSR count). The second kappa shape index (κ2) is 6.49. The summed E-state index contributed by atoms with van der Waals surface area (Å²) in [7, 11) is 0. The molecule has 2 aromatic rings. The average molecular weight is 348 g/mol. The van der Waals surface area contributed by atoms with E-state index in [9.17, 15) is 9.59 Å². The van der Waals surface area contributed by atoms with Gasteiger partial charge in [0, 0.05) is 24.5 Å². The van der Waals surface area contributed by atoms with Crippen LogP contribution in [0.25, 0.3) is 0 Å². The molecule has 0 spiro atoms. The van der Waals surface area contributed by atoms with Gasteiger partial charge in [-0.3, -0.25) is 9.59 Å². The molecule has 0 saturated heterocycles. The van der Waals surface area contributed by atoms with E-state index in [1.807, 2.05) is 6.92 Å². The second-order valence-electron chi connectivity index (χ2n) is 4.53. The van der Waals surface area contributed by atoms with Crippen LogP contribution >= 0.6 is 15.9 Å². The van der Waals surface area contributed by atoms with Crippen molar-refractivity contribution in [3.05, 3.63) is 52.3 Å². The van der Waals surface area contributed by atoms with Gasteiger partial charge in [0.1, 0.15) is 4.60 Å². The van der Waals surface area contributed by atoms with Crippen molar-refractivity contribution in [2.24, 2.45) is 0 Å². The number of hydrogen-bond acceptors (Lipinski definition) is 3. The van der Waals surface area contributed by atoms with E-state index >= 15 is 0 Å². The Labute approximate surface area is 130 Å². The van der Waals surface area contributed by atoms with Crippen LogP contribution in [0.3, 0.4) is 0 Å². The van der Waals surface area contributed by atoms with Crippen molar-refractivity contribution in [2.75, 3.05) is 10.6 Å². The number of halogens is 1. The number of amides is 2. The molecule has 21 heavy (non-hydrogen) atoms. The maximum Gasteiger partial charge on any atom is 0.257 e. The number of nitrogens with zero attached hydrogens (tertiary/aromatic N) is 1. The Kier molecular flexibility index (Phi) is 4.70. The standard InChI is InChI=1S/C15H14BrN3O2/c1-9-7-12(4-5-13(9)18-10(2)20)19-15(21)11-3-6-14(16)17-8-11/h3-8H,1-2H3,(H,18,20)(H,19,21). The minimum atomic E-state index is -0.235. The molecule has 0 atom stereocenters. The third-order valence-corrected chi connectivity index (χ3v) is 3.25. The molecule has 0 bridgehead atoms. The number of carbonyl (C=O) groups excluding carboxylic acids is 2. The van der Waals surface area contributed by atoms with Crippen LogP contribution in [-0.4, -0.2) is 16.8 Å². The van der Waals surface area contributed by atoms with Crippen molar-refractivity contribution >= 4 is 39.1 Å². The predicted octanol–water partition coefficient (Wildman–Crippen LogP) is 3.36. The molecule has 0 saturated carbocycles. The van der Waals surface area contributed by atoms with Gasteiger partial charge in [-0.25, -0.2) is 4.98 Å². The first-order chi connectivity index (χ1) is 9.95. The lowest BCUT2D eigenvalue weighted by Crippen LogP contribution is -2.13. The Morgan fingerprint density at radius 3 is 2.48 bits per heavy atom. The van der Waals surface area contributed by atoms with Crippen LogP contribution in [0.15, 0.2) is 41.1 Å². The number of hydrogen-bond donors (Lipinski definition) is 2. The molecule has 1 heterocycles. The van der Waals surface area contributed by atoms with Gasteiger partial charge in [-0.2, -0.15) is 0 Å². The van der Waals surface area contributed by atoms with Gasteiger partial charge in [-0.05, 0) is 58.7 Å². The van der Waals surface area contributed by atoms with E-state index in [4.69, 9.17) is 0 Å². The van der Waals surface area contributed by atoms with Gasteiger partial charge in [0.2, 0.25) is 5.91 Å². The summed E-state index contributed by atoms with van der Waals surface area (Å²) in [5.41, 5.74) is 2.74. The van der Waals surface area contributed by atoms with Crippen LogP contribution in [-0.2, 0) is 4.79 Å². The number of benzene rings is 1. The normalized spacial score (nSPS) is 10.0. The van der Waals surface area contributed by atoms with Gasteiger partial charge < -0.3 is 10.6 Å². The SMILES string of the molecule is CC(=O)Nc1ccc(NC(=O)c2ccc(Br)nc2)cc1C. The fourth-order valence-corrected chi connectivity index (χ4v) is 2.02. The molecule has 0 aliphatic rings. The van der Waals surface area contributed by atoms with Crippen molar-refractivity contribution in [2.45, 2.75) is 13.8 Å². The average Bonchev–Trinajstić information content (AvgIpc) is 2.42. The molecular weight excluding hydrogens is 334 g/mol. The maximum atomic E-state index is 12.1. The van der Waals surface area contributed by atoms with E-state index in [-0.39, 0.29) is 11.8 Å². The molecule has 2 N–H and O–H groups in total. The molecule has 1 aromatic carbocycles. The Balaban J connectivity index is 2.12. The minimum absolute atomic E-state index is 0.129. The van der Waals surface area contributed by atoms with E-state index < -0.39 is 0 Å². The fraction of sp³-hybridized carbons (Fsp3) is 0.133. The Morgan fingerprint density at radius 1 is 1.14 bits per heavy atom. The molecular formula is C15H14BrN3O2. The highest BCUT2D eigenvalue weighted by molar-refractivity contribution is 9.10. The molecule has 0 aliphatic heterocycles. The predicted molar refractivity (Wildman–Crippen MR) is 85.4 cm³/mol. The van der Waals surface area contributed by atoms with Crippen molar-refractivity contribution in [3.63, 3.8) is 0 Å². The van der Waals surface area contributed by atoms with Crippen molar-refractivity contribution in [3.8, 4) is 0 Å². The molecule has 0 aliphatic carbocycles. The minimum Gasteiger partial charge on any atom is -0.326 e. The molecule has 0 radical (unpaired) electrons. The van der Waals surface area contributed by atoms with Crippen LogP contribution in [0.1, 0.15) is 22.8 Å². The Morgan fingerprint density at radius 2 is 1.90 bits per heavy atom. The summed E-state index contributed by atoms with van der Waals surface area (Å²) < 4.78 is 0.676. The summed E-state index contributed by atoms with van der Waals surface area (Å²) in [6, 6.07) is 8.69. The third kappa shape index (κ3) is 4.13. The van der Waals surface area contributed by atoms with Crippen LogP contribution in [0.2, 0.25) is 0 Å². The Bertz CT molecular complexity index is 684. The number of aryl methyl sites for hydroxylation is 1. The van der Waals surface area contributed by atoms with Crippen molar-refractivity contribution in [1.82, 2.24) is 4.98 Å². The fourth-order valence-electron chi connectivity index (χ4n) is 1.78. The van der Waals surface area contributed by atoms with Gasteiger partial charge in [0.05, 0.1) is 5.56 Å². The molecule has 6 heteroatoms. The van der Waals surface area contributed by atoms with E-state index in [1.54, 1.807) is 30.3 Å². The zero-order valence-corrected chi connectivity index (χ0v) is 13.2. The van der Waals surface area contributed by atoms with Gasteiger partial charge in [-0.15, -0.1) is 0 Å². The van der Waals surface area contributed by atoms with E-state index in [1.165, 1.54) is 13.1 Å². The molecule has 5 nitrogen and oxygen atoms in total. The topological polar surface area (TPSA) is 71.1 Å². The van der Waals surface area contributed by atoms with Crippen molar-refractivity contribution < 1.29 is 9.59 Å². The van der Waals surface area contributed by atoms with Gasteiger partial charge in [-0.1, -0.05) is 0 Å². The van der Waals surface area contributed by atoms with E-state index in [0.29, 0.717) is 15.9 Å². The summed E-state index contributed by atoms with van der Waals surface area (Å²) in [4.78, 5) is 27.1. The van der Waals surface area contributed by atoms with Crippen molar-refractivity contribution in [1.29, 1.82) is 0 Å². The summed E-state index contributed by atoms with van der Waals surface area (Å²) >= 11 is 3.22. The zero-order chi connectivity index (χ0) is 15.4. The van der Waals surface area contributed by atoms with E-state index in [2.05, 4.69) is 31.5 Å². The highest BCUT2D eigenvalue weighted by atomic mass is 79.9. The highest BCUT2D eigenvalue weighted by Crippen LogP contribution is 2.20. The monoisotopic (exact) mass is 347 g/mol. The number of aromatic nitrogens is 1. The summed E-state index contributed by atoms with van der Waals surface area (Å²) in [5.74, 6) is -0.363. The molecule has 0 unspecified atom stereocenters. The summed E-state index contributed by atoms with van der Waals surface area (Å²) in [5, 5.41) is 5.52. The zero-order valence-electron chi connectivity index (χ0n) is 11.6. The molecule has 108 valence electrons. The lowest BCUT2D eigenvalue weighted by Gasteiger charge is -2.10. The lowest BCUT2D eigenvalue weighted by molar-refractivity contribution is -0.114. The molecule has 2 amide bonds. The first kappa shape index (κ1) is 15.2. The highest BCUT2D eigenvalue weighted by Gasteiger charge is 2.08. The number of anilines is 2. The largest absolute Gasteiger partial charge is 0.326 e. The van der Waals surface area contributed by atoms with Gasteiger partial charge in [0.25, 0.3) is 5.91 Å². The van der Waals surface area contributed by atoms with Crippen LogP contribution in [0.5, 0.6) is 0 Å². The third-order valence-electron chi connectivity index (χ3n) is 2.78. The quantitative estimate of drug-likeness (QED) is 0.836. The number of nitrogens with one attached hydrogen (secondary N) is 2. The van der Waals surface area contributed by atoms with Gasteiger partial charge >= 0.3 is 0 Å². The number of carbonyl (C=O) groups is 2. The Hall–Kier alpha value is -2.21. The smallest absolute Gasteiger partial charge is 0.257 e. The van der Waals surface area contributed by atoms with Crippen LogP contribution in [0.4, 0.5) is 11.4 Å². The molecule has 1 aromatic heterocycles. The van der Waals surface area contributed by atoms with E-state index in [0.717, 1.165) is 11.3 Å². The molecule has 0 fully saturated rings. The van der Waals surface area contributed by atoms with Crippen LogP contribution < -0.4 is 10.6 Å². The lowest BCUT2D eigenvalue weighted by atomic mass is 10.1. The summed E-state index contributed by atoms with van der Waals surface area (Å²) in [6.45, 7) is 3.32. The van der Waals surface area contributed by atoms with Gasteiger partial charge in [0.15, 0.2) is 0 Å². The first-order valence-corrected chi connectivity index (χ1v) is 7.06. The second-order valence-corrected chi connectivity index (χ2v) is 5.35. The maximum absolute atomic E-state index is 12.1. The number of pyridine rings is 1. The van der Waals surface area contributed by atoms with Crippen LogP contribution in [0, 0.1) is 6.92 Å². The first-order valence-electron chi connectivity index (χ1n) is 6.27.